The molecule has 1 unspecified atom stereocenters. The quantitative estimate of drug-likeness (QED) is 0.283. The number of rotatable bonds is 10. The van der Waals surface area contributed by atoms with E-state index in [9.17, 15) is 9.59 Å². The zero-order valence-corrected chi connectivity index (χ0v) is 21.6. The summed E-state index contributed by atoms with van der Waals surface area (Å²) in [6.45, 7) is 4.84. The van der Waals surface area contributed by atoms with Gasteiger partial charge >= 0.3 is 0 Å². The second-order valence-corrected chi connectivity index (χ2v) is 10.2. The minimum absolute atomic E-state index is 0.133. The molecule has 35 heavy (non-hydrogen) atoms. The van der Waals surface area contributed by atoms with Crippen LogP contribution in [0.3, 0.4) is 0 Å². The van der Waals surface area contributed by atoms with Crippen LogP contribution in [0, 0.1) is 5.92 Å². The zero-order chi connectivity index (χ0) is 24.8. The van der Waals surface area contributed by atoms with E-state index in [2.05, 4.69) is 6.92 Å². The number of para-hydroxylation sites is 1. The number of halogens is 1. The van der Waals surface area contributed by atoms with Crippen molar-refractivity contribution in [1.82, 2.24) is 14.5 Å². The molecule has 0 N–H and O–H groups in total. The van der Waals surface area contributed by atoms with Crippen LogP contribution in [0.25, 0.3) is 16.6 Å². The molecule has 4 rings (SSSR count). The molecule has 5 nitrogen and oxygen atoms in total. The average molecular weight is 494 g/mol. The lowest BCUT2D eigenvalue weighted by molar-refractivity contribution is -0.134. The minimum atomic E-state index is -0.337. The topological polar surface area (TPSA) is 55.2 Å². The van der Waals surface area contributed by atoms with E-state index in [0.717, 1.165) is 25.7 Å². The number of hydrogen-bond donors (Lipinski definition) is 0. The van der Waals surface area contributed by atoms with Crippen molar-refractivity contribution in [2.75, 3.05) is 6.54 Å². The Morgan fingerprint density at radius 2 is 1.83 bits per heavy atom. The largest absolute Gasteiger partial charge is 0.333 e. The standard InChI is InChI=1S/C29H36ClN3O2/c1-3-4-9-20-32(27(34)19-14-22-10-5-6-11-22)21(2)28-31-26-13-8-7-12-25(26)29(35)33(28)24-17-15-23(30)16-18-24/h7-8,12-13,15-18,21-22H,3-6,9-11,14,19-20H2,1-2H3. The third-order valence-electron chi connectivity index (χ3n) is 7.29. The lowest BCUT2D eigenvalue weighted by atomic mass is 10.0. The van der Waals surface area contributed by atoms with Crippen LogP contribution >= 0.6 is 11.6 Å². The molecule has 0 aliphatic heterocycles. The first kappa shape index (κ1) is 25.4. The van der Waals surface area contributed by atoms with Crippen molar-refractivity contribution >= 4 is 28.4 Å². The molecule has 1 amide bonds. The Hall–Kier alpha value is -2.66. The van der Waals surface area contributed by atoms with Gasteiger partial charge in [-0.05, 0) is 62.1 Å². The second kappa shape index (κ2) is 11.9. The van der Waals surface area contributed by atoms with Crippen molar-refractivity contribution in [2.24, 2.45) is 5.92 Å². The summed E-state index contributed by atoms with van der Waals surface area (Å²) in [5, 5.41) is 1.16. The van der Waals surface area contributed by atoms with Gasteiger partial charge in [0.05, 0.1) is 22.6 Å². The third-order valence-corrected chi connectivity index (χ3v) is 7.54. The number of amides is 1. The van der Waals surface area contributed by atoms with Crippen LogP contribution < -0.4 is 5.56 Å². The fourth-order valence-electron chi connectivity index (χ4n) is 5.25. The van der Waals surface area contributed by atoms with Crippen molar-refractivity contribution in [2.45, 2.75) is 77.7 Å². The van der Waals surface area contributed by atoms with Crippen LogP contribution in [-0.4, -0.2) is 26.9 Å². The summed E-state index contributed by atoms with van der Waals surface area (Å²) in [4.78, 5) is 34.1. The van der Waals surface area contributed by atoms with Gasteiger partial charge in [-0.3, -0.25) is 14.2 Å². The maximum absolute atomic E-state index is 13.7. The Morgan fingerprint density at radius 3 is 2.54 bits per heavy atom. The Morgan fingerprint density at radius 1 is 1.11 bits per heavy atom. The van der Waals surface area contributed by atoms with Gasteiger partial charge < -0.3 is 4.90 Å². The molecule has 3 aromatic rings. The van der Waals surface area contributed by atoms with Gasteiger partial charge in [0.2, 0.25) is 5.91 Å². The molecule has 1 fully saturated rings. The van der Waals surface area contributed by atoms with E-state index in [0.29, 0.717) is 46.3 Å². The fourth-order valence-corrected chi connectivity index (χ4v) is 5.37. The maximum atomic E-state index is 13.7. The number of carbonyl (C=O) groups is 1. The van der Waals surface area contributed by atoms with Gasteiger partial charge in [0.25, 0.3) is 5.56 Å². The molecule has 6 heteroatoms. The van der Waals surface area contributed by atoms with Gasteiger partial charge in [-0.25, -0.2) is 4.98 Å². The van der Waals surface area contributed by atoms with Gasteiger partial charge in [0.15, 0.2) is 0 Å². The first-order chi connectivity index (χ1) is 17.0. The van der Waals surface area contributed by atoms with E-state index >= 15 is 0 Å². The van der Waals surface area contributed by atoms with Gasteiger partial charge in [-0.1, -0.05) is 69.2 Å². The van der Waals surface area contributed by atoms with Crippen LogP contribution in [0.15, 0.2) is 53.3 Å². The monoisotopic (exact) mass is 493 g/mol. The molecular formula is C29H36ClN3O2. The molecule has 0 saturated heterocycles. The van der Waals surface area contributed by atoms with Crippen LogP contribution in [-0.2, 0) is 4.79 Å². The van der Waals surface area contributed by atoms with Crippen molar-refractivity contribution in [3.05, 3.63) is 69.7 Å². The molecule has 1 aliphatic rings. The van der Waals surface area contributed by atoms with E-state index in [1.165, 1.54) is 25.7 Å². The summed E-state index contributed by atoms with van der Waals surface area (Å²) in [5.41, 5.74) is 1.22. The van der Waals surface area contributed by atoms with Crippen molar-refractivity contribution < 1.29 is 4.79 Å². The molecule has 1 aromatic heterocycles. The third kappa shape index (κ3) is 5.95. The predicted molar refractivity (Wildman–Crippen MR) is 143 cm³/mol. The normalized spacial score (nSPS) is 14.9. The molecule has 0 bridgehead atoms. The summed E-state index contributed by atoms with van der Waals surface area (Å²) in [5.74, 6) is 1.41. The van der Waals surface area contributed by atoms with Gasteiger partial charge in [-0.2, -0.15) is 0 Å². The SMILES string of the molecule is CCCCCN(C(=O)CCC1CCCC1)C(C)c1nc2ccccc2c(=O)n1-c1ccc(Cl)cc1. The molecular weight excluding hydrogens is 458 g/mol. The van der Waals surface area contributed by atoms with Gasteiger partial charge in [0, 0.05) is 18.0 Å². The van der Waals surface area contributed by atoms with E-state index < -0.39 is 0 Å². The Kier molecular flexibility index (Phi) is 8.61. The number of hydrogen-bond acceptors (Lipinski definition) is 3. The highest BCUT2D eigenvalue weighted by atomic mass is 35.5. The van der Waals surface area contributed by atoms with Crippen LogP contribution in [0.1, 0.15) is 83.5 Å². The summed E-state index contributed by atoms with van der Waals surface area (Å²) in [7, 11) is 0. The van der Waals surface area contributed by atoms with E-state index in [4.69, 9.17) is 16.6 Å². The Labute approximate surface area is 213 Å². The summed E-state index contributed by atoms with van der Waals surface area (Å²) < 4.78 is 1.65. The minimum Gasteiger partial charge on any atom is -0.333 e. The number of fused-ring (bicyclic) bond motifs is 1. The fraction of sp³-hybridized carbons (Fsp3) is 0.483. The maximum Gasteiger partial charge on any atom is 0.266 e. The number of benzene rings is 2. The first-order valence-electron chi connectivity index (χ1n) is 13.1. The van der Waals surface area contributed by atoms with Gasteiger partial charge in [-0.15, -0.1) is 0 Å². The highest BCUT2D eigenvalue weighted by Gasteiger charge is 2.27. The number of aromatic nitrogens is 2. The lowest BCUT2D eigenvalue weighted by Crippen LogP contribution is -2.38. The highest BCUT2D eigenvalue weighted by Crippen LogP contribution is 2.30. The molecule has 2 aromatic carbocycles. The summed E-state index contributed by atoms with van der Waals surface area (Å²) >= 11 is 6.13. The number of nitrogens with zero attached hydrogens (tertiary/aromatic N) is 3. The molecule has 0 radical (unpaired) electrons. The molecule has 1 heterocycles. The summed E-state index contributed by atoms with van der Waals surface area (Å²) in [6, 6.07) is 14.3. The predicted octanol–water partition coefficient (Wildman–Crippen LogP) is 7.09. The summed E-state index contributed by atoms with van der Waals surface area (Å²) in [6.07, 6.45) is 9.63. The van der Waals surface area contributed by atoms with Crippen molar-refractivity contribution in [3.8, 4) is 5.69 Å². The van der Waals surface area contributed by atoms with Crippen LogP contribution in [0.4, 0.5) is 0 Å². The molecule has 1 atom stereocenters. The highest BCUT2D eigenvalue weighted by molar-refractivity contribution is 6.30. The first-order valence-corrected chi connectivity index (χ1v) is 13.4. The Balaban J connectivity index is 1.74. The number of carbonyl (C=O) groups excluding carboxylic acids is 1. The van der Waals surface area contributed by atoms with E-state index in [1.807, 2.05) is 42.2 Å². The lowest BCUT2D eigenvalue weighted by Gasteiger charge is -2.31. The molecule has 186 valence electrons. The van der Waals surface area contributed by atoms with Crippen molar-refractivity contribution in [1.29, 1.82) is 0 Å². The van der Waals surface area contributed by atoms with Crippen LogP contribution in [0.2, 0.25) is 5.02 Å². The van der Waals surface area contributed by atoms with Gasteiger partial charge in [0.1, 0.15) is 5.82 Å². The smallest absolute Gasteiger partial charge is 0.266 e. The Bertz CT molecular complexity index is 1200. The van der Waals surface area contributed by atoms with E-state index in [-0.39, 0.29) is 17.5 Å². The molecule has 0 spiro atoms. The zero-order valence-electron chi connectivity index (χ0n) is 20.9. The molecule has 1 aliphatic carbocycles. The van der Waals surface area contributed by atoms with Crippen LogP contribution in [0.5, 0.6) is 0 Å². The van der Waals surface area contributed by atoms with Crippen molar-refractivity contribution in [3.63, 3.8) is 0 Å². The average Bonchev–Trinajstić information content (AvgIpc) is 3.39. The molecule has 1 saturated carbocycles. The van der Waals surface area contributed by atoms with E-state index in [1.54, 1.807) is 22.8 Å². The number of unbranched alkanes of at least 4 members (excludes halogenated alkanes) is 2. The second-order valence-electron chi connectivity index (χ2n) is 9.76.